The monoisotopic (exact) mass is 551 g/mol. The third-order valence-corrected chi connectivity index (χ3v) is 9.33. The van der Waals surface area contributed by atoms with E-state index < -0.39 is 23.0 Å². The fraction of sp³-hybridized carbons (Fsp3) is 0.382. The maximum atomic E-state index is 14.1. The number of carboxylic acids is 1. The van der Waals surface area contributed by atoms with E-state index >= 15 is 0 Å². The summed E-state index contributed by atoms with van der Waals surface area (Å²) in [4.78, 5) is 45.4. The molecule has 0 bridgehead atoms. The highest BCUT2D eigenvalue weighted by Gasteiger charge is 2.59. The average molecular weight is 552 g/mol. The Morgan fingerprint density at radius 2 is 1.32 bits per heavy atom. The van der Waals surface area contributed by atoms with Crippen molar-refractivity contribution in [1.29, 1.82) is 0 Å². The molecule has 2 amide bonds. The van der Waals surface area contributed by atoms with Gasteiger partial charge in [0.25, 0.3) is 0 Å². The Bertz CT molecular complexity index is 1330. The van der Waals surface area contributed by atoms with Gasteiger partial charge < -0.3 is 14.9 Å². The molecule has 3 aliphatic heterocycles. The van der Waals surface area contributed by atoms with Crippen molar-refractivity contribution in [3.63, 3.8) is 0 Å². The molecule has 3 heterocycles. The minimum Gasteiger partial charge on any atom is -0.480 e. The molecule has 0 radical (unpaired) electrons. The number of rotatable bonds is 8. The van der Waals surface area contributed by atoms with E-state index in [1.807, 2.05) is 73.3 Å². The predicted octanol–water partition coefficient (Wildman–Crippen LogP) is 4.22. The topological polar surface area (TPSA) is 80.9 Å². The van der Waals surface area contributed by atoms with Crippen LogP contribution >= 0.6 is 0 Å². The van der Waals surface area contributed by atoms with Crippen LogP contribution < -0.4 is 0 Å². The van der Waals surface area contributed by atoms with Gasteiger partial charge in [0.1, 0.15) is 12.1 Å². The van der Waals surface area contributed by atoms with Gasteiger partial charge >= 0.3 is 5.97 Å². The first-order valence-corrected chi connectivity index (χ1v) is 14.6. The summed E-state index contributed by atoms with van der Waals surface area (Å²) in [5.74, 6) is -1.23. The summed E-state index contributed by atoms with van der Waals surface area (Å²) < 4.78 is 0. The molecule has 41 heavy (non-hydrogen) atoms. The van der Waals surface area contributed by atoms with Crippen molar-refractivity contribution in [3.05, 3.63) is 108 Å². The summed E-state index contributed by atoms with van der Waals surface area (Å²) in [6, 6.07) is 29.9. The number of hydrogen-bond donors (Lipinski definition) is 1. The Balaban J connectivity index is 1.29. The smallest absolute Gasteiger partial charge is 0.326 e. The van der Waals surface area contributed by atoms with Gasteiger partial charge in [-0.15, -0.1) is 0 Å². The molecule has 4 atom stereocenters. The lowest BCUT2D eigenvalue weighted by atomic mass is 9.76. The third kappa shape index (κ3) is 4.43. The van der Waals surface area contributed by atoms with Crippen LogP contribution in [-0.4, -0.2) is 75.9 Å². The number of likely N-dealkylation sites (tertiary alicyclic amines) is 2. The zero-order chi connectivity index (χ0) is 28.8. The lowest BCUT2D eigenvalue weighted by molar-refractivity contribution is -0.152. The van der Waals surface area contributed by atoms with Crippen LogP contribution in [0.3, 0.4) is 0 Å². The predicted molar refractivity (Wildman–Crippen MR) is 156 cm³/mol. The Morgan fingerprint density at radius 1 is 0.829 bits per heavy atom. The van der Waals surface area contributed by atoms with Crippen molar-refractivity contribution in [2.24, 2.45) is 11.3 Å². The van der Waals surface area contributed by atoms with Crippen LogP contribution in [-0.2, 0) is 19.9 Å². The van der Waals surface area contributed by atoms with E-state index in [1.165, 1.54) is 4.90 Å². The fourth-order valence-corrected chi connectivity index (χ4v) is 7.30. The summed E-state index contributed by atoms with van der Waals surface area (Å²) in [7, 11) is 0. The van der Waals surface area contributed by atoms with Crippen molar-refractivity contribution in [2.45, 2.75) is 44.3 Å². The van der Waals surface area contributed by atoms with Gasteiger partial charge in [0, 0.05) is 26.2 Å². The normalized spacial score (nSPS) is 24.7. The van der Waals surface area contributed by atoms with Crippen LogP contribution in [0.1, 0.15) is 43.4 Å². The molecular formula is C34H37N3O4. The lowest BCUT2D eigenvalue weighted by Crippen LogP contribution is -2.48. The van der Waals surface area contributed by atoms with Crippen LogP contribution in [0.4, 0.5) is 0 Å². The van der Waals surface area contributed by atoms with Gasteiger partial charge in [0.15, 0.2) is 0 Å². The van der Waals surface area contributed by atoms with Gasteiger partial charge in [0.2, 0.25) is 11.8 Å². The molecule has 3 aromatic carbocycles. The first-order chi connectivity index (χ1) is 19.8. The number of benzene rings is 3. The molecule has 3 aliphatic rings. The van der Waals surface area contributed by atoms with Crippen molar-refractivity contribution in [2.75, 3.05) is 26.2 Å². The molecule has 3 saturated heterocycles. The van der Waals surface area contributed by atoms with E-state index in [0.717, 1.165) is 16.7 Å². The number of carbonyl (C=O) groups excluding carboxylic acids is 2. The Kier molecular flexibility index (Phi) is 6.94. The molecule has 7 nitrogen and oxygen atoms in total. The summed E-state index contributed by atoms with van der Waals surface area (Å²) in [5.41, 5.74) is 1.96. The first-order valence-electron chi connectivity index (χ1n) is 14.6. The van der Waals surface area contributed by atoms with Gasteiger partial charge in [-0.2, -0.15) is 0 Å². The number of carboxylic acid groups (broad SMARTS) is 1. The molecule has 3 aromatic rings. The molecule has 7 heteroatoms. The number of nitrogens with zero attached hydrogens (tertiary/aromatic N) is 3. The molecule has 0 aromatic heterocycles. The second-order valence-electron chi connectivity index (χ2n) is 12.0. The zero-order valence-corrected chi connectivity index (χ0v) is 23.6. The molecule has 0 saturated carbocycles. The quantitative estimate of drug-likeness (QED) is 0.335. The molecule has 3 unspecified atom stereocenters. The molecular weight excluding hydrogens is 514 g/mol. The Morgan fingerprint density at radius 3 is 1.78 bits per heavy atom. The number of carbonyl (C=O) groups is 3. The zero-order valence-electron chi connectivity index (χ0n) is 23.6. The molecule has 3 fully saturated rings. The van der Waals surface area contributed by atoms with Crippen LogP contribution in [0, 0.1) is 11.3 Å². The van der Waals surface area contributed by atoms with Crippen molar-refractivity contribution in [1.82, 2.24) is 14.7 Å². The van der Waals surface area contributed by atoms with Crippen LogP contribution in [0.15, 0.2) is 91.0 Å². The van der Waals surface area contributed by atoms with E-state index in [4.69, 9.17) is 0 Å². The third-order valence-electron chi connectivity index (χ3n) is 9.33. The van der Waals surface area contributed by atoms with Gasteiger partial charge in [0.05, 0.1) is 11.0 Å². The summed E-state index contributed by atoms with van der Waals surface area (Å²) in [5, 5.41) is 9.80. The van der Waals surface area contributed by atoms with Crippen LogP contribution in [0.5, 0.6) is 0 Å². The summed E-state index contributed by atoms with van der Waals surface area (Å²) in [6.07, 6.45) is 1.16. The largest absolute Gasteiger partial charge is 0.480 e. The highest BCUT2D eigenvalue weighted by molar-refractivity contribution is 5.92. The van der Waals surface area contributed by atoms with E-state index in [1.54, 1.807) is 0 Å². The second kappa shape index (κ2) is 10.5. The van der Waals surface area contributed by atoms with E-state index in [2.05, 4.69) is 41.3 Å². The van der Waals surface area contributed by atoms with E-state index in [-0.39, 0.29) is 23.8 Å². The highest BCUT2D eigenvalue weighted by atomic mass is 16.4. The molecule has 6 rings (SSSR count). The van der Waals surface area contributed by atoms with E-state index in [9.17, 15) is 19.5 Å². The van der Waals surface area contributed by atoms with Crippen LogP contribution in [0.25, 0.3) is 0 Å². The molecule has 212 valence electrons. The van der Waals surface area contributed by atoms with Crippen molar-refractivity contribution in [3.8, 4) is 0 Å². The van der Waals surface area contributed by atoms with Crippen molar-refractivity contribution >= 4 is 17.8 Å². The number of aliphatic carboxylic acids is 1. The SMILES string of the molecule is CC(C)C(C(=O)O)N1CC[C@@]2(CCN(C(=O)C3CN3C(c3ccccc3)(c3ccccc3)c3ccccc3)C2)C1=O. The van der Waals surface area contributed by atoms with E-state index in [0.29, 0.717) is 39.0 Å². The number of hydrogen-bond acceptors (Lipinski definition) is 4. The summed E-state index contributed by atoms with van der Waals surface area (Å²) in [6.45, 7) is 5.56. The Labute approximate surface area is 241 Å². The van der Waals surface area contributed by atoms with Crippen molar-refractivity contribution < 1.29 is 19.5 Å². The van der Waals surface area contributed by atoms with Gasteiger partial charge in [-0.05, 0) is 35.4 Å². The van der Waals surface area contributed by atoms with Gasteiger partial charge in [-0.1, -0.05) is 105 Å². The highest BCUT2D eigenvalue weighted by Crippen LogP contribution is 2.49. The maximum absolute atomic E-state index is 14.1. The first kappa shape index (κ1) is 27.2. The molecule has 1 spiro atoms. The lowest BCUT2D eigenvalue weighted by Gasteiger charge is -2.38. The second-order valence-corrected chi connectivity index (χ2v) is 12.0. The minimum absolute atomic E-state index is 0.0407. The average Bonchev–Trinajstić information content (AvgIpc) is 3.57. The fourth-order valence-electron chi connectivity index (χ4n) is 7.30. The molecule has 0 aliphatic carbocycles. The van der Waals surface area contributed by atoms with Gasteiger partial charge in [-0.25, -0.2) is 4.79 Å². The standard InChI is InChI=1S/C34H37N3O4/c1-24(2)29(31(39)40)36-21-19-33(32(36)41)18-20-35(23-33)30(38)28-22-37(28)34(25-12-6-3-7-13-25,26-14-8-4-9-15-26)27-16-10-5-11-17-27/h3-17,24,28-29H,18-23H2,1-2H3,(H,39,40)/t28?,29?,33-,37?/m1/s1. The van der Waals surface area contributed by atoms with Gasteiger partial charge in [-0.3, -0.25) is 14.5 Å². The Hall–Kier alpha value is -3.97. The van der Waals surface area contributed by atoms with Crippen LogP contribution in [0.2, 0.25) is 0 Å². The summed E-state index contributed by atoms with van der Waals surface area (Å²) >= 11 is 0. The number of amides is 2. The maximum Gasteiger partial charge on any atom is 0.326 e. The molecule has 1 N–H and O–H groups in total. The minimum atomic E-state index is -0.968.